The lowest BCUT2D eigenvalue weighted by Crippen LogP contribution is -2.14. The van der Waals surface area contributed by atoms with Gasteiger partial charge in [-0.3, -0.25) is 4.72 Å². The molecule has 0 radical (unpaired) electrons. The molecule has 2 aromatic rings. The molecule has 0 fully saturated rings. The van der Waals surface area contributed by atoms with Crippen molar-refractivity contribution in [2.75, 3.05) is 4.72 Å². The van der Waals surface area contributed by atoms with Crippen molar-refractivity contribution in [1.29, 1.82) is 5.26 Å². The van der Waals surface area contributed by atoms with Crippen molar-refractivity contribution in [3.05, 3.63) is 53.9 Å². The van der Waals surface area contributed by atoms with Gasteiger partial charge in [0.2, 0.25) is 0 Å². The van der Waals surface area contributed by atoms with Gasteiger partial charge in [0.05, 0.1) is 0 Å². The van der Waals surface area contributed by atoms with Crippen molar-refractivity contribution in [3.8, 4) is 6.07 Å². The van der Waals surface area contributed by atoms with E-state index in [1.54, 1.807) is 30.3 Å². The summed E-state index contributed by atoms with van der Waals surface area (Å²) in [6, 6.07) is 11.5. The summed E-state index contributed by atoms with van der Waals surface area (Å²) in [5.74, 6) is 0. The van der Waals surface area contributed by atoms with Crippen molar-refractivity contribution in [1.82, 2.24) is 4.98 Å². The van der Waals surface area contributed by atoms with Crippen molar-refractivity contribution in [3.63, 3.8) is 0 Å². The topological polar surface area (TPSA) is 82.8 Å². The van der Waals surface area contributed by atoms with E-state index < -0.39 is 10.0 Å². The highest BCUT2D eigenvalue weighted by molar-refractivity contribution is 7.92. The average Bonchev–Trinajstić information content (AvgIpc) is 2.41. The average molecular weight is 273 g/mol. The smallest absolute Gasteiger partial charge is 0.264 e. The molecule has 1 heterocycles. The van der Waals surface area contributed by atoms with Gasteiger partial charge < -0.3 is 0 Å². The molecule has 1 aromatic heterocycles. The van der Waals surface area contributed by atoms with Crippen LogP contribution in [0.25, 0.3) is 0 Å². The van der Waals surface area contributed by atoms with Gasteiger partial charge >= 0.3 is 0 Å². The maximum absolute atomic E-state index is 12.2. The minimum absolute atomic E-state index is 0.123. The van der Waals surface area contributed by atoms with Crippen LogP contribution in [0.5, 0.6) is 0 Å². The van der Waals surface area contributed by atoms with Gasteiger partial charge in [-0.25, -0.2) is 13.4 Å². The zero-order valence-corrected chi connectivity index (χ0v) is 11.0. The third-order valence-electron chi connectivity index (χ3n) is 2.47. The fourth-order valence-electron chi connectivity index (χ4n) is 1.52. The number of hydrogen-bond acceptors (Lipinski definition) is 4. The van der Waals surface area contributed by atoms with E-state index in [2.05, 4.69) is 9.71 Å². The first kappa shape index (κ1) is 13.1. The lowest BCUT2D eigenvalue weighted by Gasteiger charge is -2.08. The first-order chi connectivity index (χ1) is 9.03. The van der Waals surface area contributed by atoms with Gasteiger partial charge in [0.15, 0.2) is 5.69 Å². The summed E-state index contributed by atoms with van der Waals surface area (Å²) in [6.07, 6.45) is 1.38. The predicted octanol–water partition coefficient (Wildman–Crippen LogP) is 2.06. The molecular formula is C13H11N3O2S. The van der Waals surface area contributed by atoms with E-state index in [1.165, 1.54) is 18.3 Å². The highest BCUT2D eigenvalue weighted by atomic mass is 32.2. The molecule has 0 saturated carbocycles. The van der Waals surface area contributed by atoms with Crippen LogP contribution < -0.4 is 4.72 Å². The molecule has 0 aliphatic carbocycles. The van der Waals surface area contributed by atoms with Gasteiger partial charge in [-0.05, 0) is 31.2 Å². The largest absolute Gasteiger partial charge is 0.280 e. The first-order valence-corrected chi connectivity index (χ1v) is 6.96. The Morgan fingerprint density at radius 2 is 1.89 bits per heavy atom. The maximum Gasteiger partial charge on any atom is 0.264 e. The fraction of sp³-hybridized carbons (Fsp3) is 0.0769. The quantitative estimate of drug-likeness (QED) is 0.927. The molecule has 0 amide bonds. The molecule has 2 rings (SSSR count). The molecule has 96 valence electrons. The number of rotatable bonds is 3. The van der Waals surface area contributed by atoms with E-state index in [4.69, 9.17) is 5.26 Å². The molecule has 0 aliphatic rings. The molecule has 0 spiro atoms. The van der Waals surface area contributed by atoms with Crippen LogP contribution in [-0.2, 0) is 10.0 Å². The van der Waals surface area contributed by atoms with E-state index in [0.29, 0.717) is 5.69 Å². The van der Waals surface area contributed by atoms with E-state index in [9.17, 15) is 8.42 Å². The van der Waals surface area contributed by atoms with Gasteiger partial charge in [-0.2, -0.15) is 5.26 Å². The molecule has 5 nitrogen and oxygen atoms in total. The summed E-state index contributed by atoms with van der Waals surface area (Å²) in [5, 5.41) is 8.88. The second kappa shape index (κ2) is 5.08. The first-order valence-electron chi connectivity index (χ1n) is 5.47. The molecule has 1 N–H and O–H groups in total. The van der Waals surface area contributed by atoms with Gasteiger partial charge in [0, 0.05) is 11.9 Å². The van der Waals surface area contributed by atoms with Crippen LogP contribution in [0.15, 0.2) is 47.5 Å². The summed E-state index contributed by atoms with van der Waals surface area (Å²) in [7, 11) is -3.80. The minimum Gasteiger partial charge on any atom is -0.280 e. The number of benzene rings is 1. The summed E-state index contributed by atoms with van der Waals surface area (Å²) < 4.78 is 26.7. The lowest BCUT2D eigenvalue weighted by molar-refractivity contribution is 0.600. The number of aryl methyl sites for hydroxylation is 1. The Hall–Kier alpha value is -2.39. The Labute approximate surface area is 111 Å². The molecular weight excluding hydrogens is 262 g/mol. The van der Waals surface area contributed by atoms with Gasteiger partial charge in [-0.1, -0.05) is 17.7 Å². The Kier molecular flexibility index (Phi) is 3.49. The van der Waals surface area contributed by atoms with Crippen LogP contribution in [0, 0.1) is 18.3 Å². The second-order valence-corrected chi connectivity index (χ2v) is 5.58. The Bertz CT molecular complexity index is 731. The van der Waals surface area contributed by atoms with Crippen LogP contribution in [0.1, 0.15) is 11.3 Å². The number of aromatic nitrogens is 1. The molecule has 19 heavy (non-hydrogen) atoms. The second-order valence-electron chi connectivity index (χ2n) is 3.93. The Morgan fingerprint density at radius 1 is 1.21 bits per heavy atom. The van der Waals surface area contributed by atoms with E-state index in [0.717, 1.165) is 5.56 Å². The van der Waals surface area contributed by atoms with Gasteiger partial charge in [0.1, 0.15) is 11.0 Å². The normalized spacial score (nSPS) is 10.7. The van der Waals surface area contributed by atoms with E-state index >= 15 is 0 Å². The summed E-state index contributed by atoms with van der Waals surface area (Å²) in [6.45, 7) is 1.91. The summed E-state index contributed by atoms with van der Waals surface area (Å²) in [4.78, 5) is 3.61. The van der Waals surface area contributed by atoms with Crippen LogP contribution in [-0.4, -0.2) is 13.4 Å². The summed E-state index contributed by atoms with van der Waals surface area (Å²) >= 11 is 0. The Balaban J connectivity index is 2.38. The molecule has 0 atom stereocenters. The zero-order valence-electron chi connectivity index (χ0n) is 10.2. The monoisotopic (exact) mass is 273 g/mol. The Morgan fingerprint density at radius 3 is 2.53 bits per heavy atom. The number of nitriles is 1. The van der Waals surface area contributed by atoms with Crippen molar-refractivity contribution in [2.45, 2.75) is 11.8 Å². The molecule has 0 saturated heterocycles. The summed E-state index contributed by atoms with van der Waals surface area (Å²) in [5.41, 5.74) is 1.35. The number of sulfonamides is 1. The fourth-order valence-corrected chi connectivity index (χ4v) is 2.69. The van der Waals surface area contributed by atoms with Crippen molar-refractivity contribution in [2.24, 2.45) is 0 Å². The molecule has 0 aliphatic heterocycles. The SMILES string of the molecule is Cc1ccc(NS(=O)(=O)c2cccnc2C#N)cc1. The minimum atomic E-state index is -3.80. The van der Waals surface area contributed by atoms with Crippen molar-refractivity contribution >= 4 is 15.7 Å². The zero-order chi connectivity index (χ0) is 13.9. The highest BCUT2D eigenvalue weighted by Crippen LogP contribution is 2.18. The van der Waals surface area contributed by atoms with Crippen molar-refractivity contribution < 1.29 is 8.42 Å². The predicted molar refractivity (Wildman–Crippen MR) is 70.9 cm³/mol. The number of pyridine rings is 1. The van der Waals surface area contributed by atoms with Crippen LogP contribution in [0.2, 0.25) is 0 Å². The van der Waals surface area contributed by atoms with Crippen LogP contribution in [0.3, 0.4) is 0 Å². The number of nitrogens with one attached hydrogen (secondary N) is 1. The number of hydrogen-bond donors (Lipinski definition) is 1. The maximum atomic E-state index is 12.2. The van der Waals surface area contributed by atoms with E-state index in [-0.39, 0.29) is 10.6 Å². The lowest BCUT2D eigenvalue weighted by atomic mass is 10.2. The van der Waals surface area contributed by atoms with Gasteiger partial charge in [0.25, 0.3) is 10.0 Å². The molecule has 0 unspecified atom stereocenters. The van der Waals surface area contributed by atoms with Crippen LogP contribution in [0.4, 0.5) is 5.69 Å². The standard InChI is InChI=1S/C13H11N3O2S/c1-10-4-6-11(7-5-10)16-19(17,18)13-3-2-8-15-12(13)9-14/h2-8,16H,1H3. The molecule has 6 heteroatoms. The van der Waals surface area contributed by atoms with E-state index in [1.807, 2.05) is 6.92 Å². The number of nitrogens with zero attached hydrogens (tertiary/aromatic N) is 2. The molecule has 1 aromatic carbocycles. The molecule has 0 bridgehead atoms. The third kappa shape index (κ3) is 2.89. The highest BCUT2D eigenvalue weighted by Gasteiger charge is 2.19. The van der Waals surface area contributed by atoms with Gasteiger partial charge in [-0.15, -0.1) is 0 Å². The third-order valence-corrected chi connectivity index (χ3v) is 3.88. The number of anilines is 1. The van der Waals surface area contributed by atoms with Crippen LogP contribution >= 0.6 is 0 Å².